The molecule has 1 N–H and O–H groups in total. The number of hydrogen-bond acceptors (Lipinski definition) is 6. The van der Waals surface area contributed by atoms with Gasteiger partial charge in [-0.15, -0.1) is 0 Å². The average Bonchev–Trinajstić information content (AvgIpc) is 3.45. The summed E-state index contributed by atoms with van der Waals surface area (Å²) in [6.07, 6.45) is 5.43. The maximum absolute atomic E-state index is 13.5. The van der Waals surface area contributed by atoms with Gasteiger partial charge >= 0.3 is 0 Å². The van der Waals surface area contributed by atoms with E-state index in [1.807, 2.05) is 18.2 Å². The van der Waals surface area contributed by atoms with Crippen molar-refractivity contribution in [3.8, 4) is 11.5 Å². The fraction of sp³-hybridized carbons (Fsp3) is 0.522. The minimum absolute atomic E-state index is 0.0787. The van der Waals surface area contributed by atoms with Crippen LogP contribution in [-0.2, 0) is 4.79 Å². The molecule has 2 saturated heterocycles. The van der Waals surface area contributed by atoms with E-state index in [9.17, 15) is 9.18 Å². The van der Waals surface area contributed by atoms with Crippen molar-refractivity contribution in [3.05, 3.63) is 30.2 Å². The van der Waals surface area contributed by atoms with Gasteiger partial charge < -0.3 is 14.8 Å². The van der Waals surface area contributed by atoms with Crippen LogP contribution in [0.1, 0.15) is 43.8 Å². The van der Waals surface area contributed by atoms with Gasteiger partial charge in [0.05, 0.1) is 12.5 Å². The first-order valence-electron chi connectivity index (χ1n) is 11.5. The number of alkyl halides is 1. The second kappa shape index (κ2) is 7.79. The van der Waals surface area contributed by atoms with Gasteiger partial charge in [0.2, 0.25) is 5.91 Å². The lowest BCUT2D eigenvalue weighted by atomic mass is 9.96. The zero-order valence-electron chi connectivity index (χ0n) is 17.9. The molecule has 2 unspecified atom stereocenters. The minimum atomic E-state index is -0.882. The third kappa shape index (κ3) is 3.69. The Labute approximate surface area is 185 Å². The van der Waals surface area contributed by atoms with Gasteiger partial charge in [-0.25, -0.2) is 24.3 Å². The first-order valence-corrected chi connectivity index (χ1v) is 11.5. The molecule has 3 aromatic rings. The van der Waals surface area contributed by atoms with Crippen molar-refractivity contribution in [2.24, 2.45) is 5.92 Å². The van der Waals surface area contributed by atoms with Crippen molar-refractivity contribution in [3.63, 3.8) is 0 Å². The van der Waals surface area contributed by atoms with Crippen LogP contribution in [0.4, 0.5) is 10.2 Å². The number of imidazole rings is 1. The summed E-state index contributed by atoms with van der Waals surface area (Å²) in [7, 11) is 0. The lowest BCUT2D eigenvalue weighted by molar-refractivity contribution is -0.134. The molecule has 2 atom stereocenters. The zero-order chi connectivity index (χ0) is 21.7. The Bertz CT molecular complexity index is 1160. The molecule has 0 radical (unpaired) electrons. The summed E-state index contributed by atoms with van der Waals surface area (Å²) >= 11 is 0. The summed E-state index contributed by atoms with van der Waals surface area (Å²) in [4.78, 5) is 38.5. The number of nitrogens with one attached hydrogen (secondary N) is 1. The summed E-state index contributed by atoms with van der Waals surface area (Å²) in [5, 5.41) is 0. The third-order valence-electron chi connectivity index (χ3n) is 6.72. The molecule has 8 nitrogen and oxygen atoms in total. The first-order chi connectivity index (χ1) is 15.6. The van der Waals surface area contributed by atoms with Gasteiger partial charge in [0.1, 0.15) is 29.0 Å². The number of nitrogens with zero attached hydrogens (tertiary/aromatic N) is 6. The van der Waals surface area contributed by atoms with Crippen LogP contribution < -0.4 is 4.90 Å². The molecule has 5 heterocycles. The lowest BCUT2D eigenvalue weighted by Crippen LogP contribution is -2.44. The van der Waals surface area contributed by atoms with Gasteiger partial charge in [-0.05, 0) is 50.3 Å². The lowest BCUT2D eigenvalue weighted by Gasteiger charge is -2.34. The van der Waals surface area contributed by atoms with Crippen molar-refractivity contribution < 1.29 is 9.18 Å². The van der Waals surface area contributed by atoms with Crippen LogP contribution in [0, 0.1) is 5.92 Å². The molecule has 9 heteroatoms. The predicted molar refractivity (Wildman–Crippen MR) is 118 cm³/mol. The fourth-order valence-corrected chi connectivity index (χ4v) is 4.79. The number of pyridine rings is 1. The van der Waals surface area contributed by atoms with E-state index in [2.05, 4.69) is 24.8 Å². The highest BCUT2D eigenvalue weighted by Gasteiger charge is 2.34. The van der Waals surface area contributed by atoms with Crippen molar-refractivity contribution >= 4 is 22.9 Å². The highest BCUT2D eigenvalue weighted by molar-refractivity contribution is 5.80. The molecule has 0 aromatic carbocycles. The minimum Gasteiger partial charge on any atom is -0.356 e. The molecule has 1 saturated carbocycles. The number of rotatable bonds is 4. The van der Waals surface area contributed by atoms with E-state index < -0.39 is 6.17 Å². The van der Waals surface area contributed by atoms with Crippen molar-refractivity contribution in [2.45, 2.75) is 44.2 Å². The molecular weight excluding hydrogens is 409 g/mol. The van der Waals surface area contributed by atoms with Gasteiger partial charge in [-0.2, -0.15) is 0 Å². The smallest absolute Gasteiger partial charge is 0.227 e. The van der Waals surface area contributed by atoms with Crippen molar-refractivity contribution in [2.75, 3.05) is 31.1 Å². The second-order valence-corrected chi connectivity index (χ2v) is 9.15. The van der Waals surface area contributed by atoms with Crippen LogP contribution in [0.15, 0.2) is 24.4 Å². The number of likely N-dealkylation sites (tertiary alicyclic amines) is 1. The Kier molecular flexibility index (Phi) is 4.77. The SMILES string of the molecule is O=C(C1CCCN(c2ccc3nc(-c4ccnc(C5CC5)n4)[nH]c3n2)C1)N1CCC(F)C1. The van der Waals surface area contributed by atoms with Gasteiger partial charge in [0.15, 0.2) is 11.5 Å². The van der Waals surface area contributed by atoms with Crippen LogP contribution in [0.2, 0.25) is 0 Å². The summed E-state index contributed by atoms with van der Waals surface area (Å²) in [6.45, 7) is 2.24. The molecule has 166 valence electrons. The van der Waals surface area contributed by atoms with Gasteiger partial charge in [0.25, 0.3) is 0 Å². The molecule has 0 spiro atoms. The molecule has 1 amide bonds. The number of H-pyrrole nitrogens is 1. The van der Waals surface area contributed by atoms with Crippen LogP contribution in [0.3, 0.4) is 0 Å². The molecule has 0 bridgehead atoms. The Balaban J connectivity index is 1.22. The molecule has 32 heavy (non-hydrogen) atoms. The number of halogens is 1. The molecule has 3 aromatic heterocycles. The maximum Gasteiger partial charge on any atom is 0.227 e. The summed E-state index contributed by atoms with van der Waals surface area (Å²) in [5.41, 5.74) is 2.27. The highest BCUT2D eigenvalue weighted by atomic mass is 19.1. The number of carbonyl (C=O) groups is 1. The Morgan fingerprint density at radius 2 is 1.94 bits per heavy atom. The third-order valence-corrected chi connectivity index (χ3v) is 6.72. The number of aromatic nitrogens is 5. The number of fused-ring (bicyclic) bond motifs is 1. The standard InChI is InChI=1S/C23H26FN7O/c24-16-8-11-31(13-16)23(32)15-2-1-10-30(12-15)19-6-5-17-22(28-19)29-21(27-17)18-7-9-25-20(26-18)14-3-4-14/h5-7,9,14-16H,1-4,8,10-13H2,(H,27,28,29). The summed E-state index contributed by atoms with van der Waals surface area (Å²) in [6, 6.07) is 5.79. The van der Waals surface area contributed by atoms with E-state index in [1.165, 1.54) is 0 Å². The molecule has 6 rings (SSSR count). The maximum atomic E-state index is 13.5. The largest absolute Gasteiger partial charge is 0.356 e. The first kappa shape index (κ1) is 19.6. The Morgan fingerprint density at radius 3 is 2.75 bits per heavy atom. The van der Waals surface area contributed by atoms with E-state index in [-0.39, 0.29) is 18.4 Å². The normalized spacial score (nSPS) is 23.8. The summed E-state index contributed by atoms with van der Waals surface area (Å²) in [5.74, 6) is 2.86. The highest BCUT2D eigenvalue weighted by Crippen LogP contribution is 2.38. The van der Waals surface area contributed by atoms with Crippen molar-refractivity contribution in [1.82, 2.24) is 29.8 Å². The number of anilines is 1. The molecule has 2 aliphatic heterocycles. The predicted octanol–water partition coefficient (Wildman–Crippen LogP) is 3.08. The van der Waals surface area contributed by atoms with Crippen LogP contribution >= 0.6 is 0 Å². The number of carbonyl (C=O) groups excluding carboxylic acids is 1. The topological polar surface area (TPSA) is 90.9 Å². The monoisotopic (exact) mass is 435 g/mol. The summed E-state index contributed by atoms with van der Waals surface area (Å²) < 4.78 is 13.5. The molecular formula is C23H26FN7O. The van der Waals surface area contributed by atoms with Gasteiger partial charge in [0, 0.05) is 31.7 Å². The Morgan fingerprint density at radius 1 is 1.03 bits per heavy atom. The molecule has 3 aliphatic rings. The Hall–Kier alpha value is -3.10. The van der Waals surface area contributed by atoms with Crippen LogP contribution in [-0.4, -0.2) is 68.1 Å². The second-order valence-electron chi connectivity index (χ2n) is 9.15. The van der Waals surface area contributed by atoms with Crippen LogP contribution in [0.25, 0.3) is 22.7 Å². The molecule has 3 fully saturated rings. The van der Waals surface area contributed by atoms with Crippen LogP contribution in [0.5, 0.6) is 0 Å². The van der Waals surface area contributed by atoms with E-state index in [1.54, 1.807) is 11.1 Å². The fourth-order valence-electron chi connectivity index (χ4n) is 4.79. The number of aromatic amines is 1. The average molecular weight is 436 g/mol. The number of amides is 1. The van der Waals surface area contributed by atoms with E-state index in [0.717, 1.165) is 55.1 Å². The number of hydrogen-bond donors (Lipinski definition) is 1. The van der Waals surface area contributed by atoms with Crippen molar-refractivity contribution in [1.29, 1.82) is 0 Å². The van der Waals surface area contributed by atoms with E-state index in [0.29, 0.717) is 36.9 Å². The van der Waals surface area contributed by atoms with Gasteiger partial charge in [-0.3, -0.25) is 4.79 Å². The van der Waals surface area contributed by atoms with Gasteiger partial charge in [-0.1, -0.05) is 0 Å². The molecule has 1 aliphatic carbocycles. The van der Waals surface area contributed by atoms with E-state index in [4.69, 9.17) is 4.98 Å². The quantitative estimate of drug-likeness (QED) is 0.677. The van der Waals surface area contributed by atoms with E-state index >= 15 is 0 Å². The number of piperidine rings is 1. The zero-order valence-corrected chi connectivity index (χ0v) is 17.9.